The predicted molar refractivity (Wildman–Crippen MR) is 95.1 cm³/mol. The second-order valence-electron chi connectivity index (χ2n) is 6.48. The summed E-state index contributed by atoms with van der Waals surface area (Å²) in [5, 5.41) is 7.22. The molecule has 0 atom stereocenters. The molecule has 2 aromatic rings. The van der Waals surface area contributed by atoms with Crippen molar-refractivity contribution in [2.45, 2.75) is 45.8 Å². The summed E-state index contributed by atoms with van der Waals surface area (Å²) in [5.74, 6) is 0.561. The minimum atomic E-state index is -0.176. The van der Waals surface area contributed by atoms with Crippen molar-refractivity contribution in [2.75, 3.05) is 6.54 Å². The first-order valence-corrected chi connectivity index (χ1v) is 8.68. The maximum Gasteiger partial charge on any atom is 0.267 e. The Hall–Kier alpha value is -2.63. The van der Waals surface area contributed by atoms with Crippen LogP contribution in [0.5, 0.6) is 5.75 Å². The molecule has 3 rings (SSSR count). The van der Waals surface area contributed by atoms with Gasteiger partial charge in [-0.05, 0) is 62.9 Å². The zero-order valence-electron chi connectivity index (χ0n) is 14.6. The largest absolute Gasteiger partial charge is 0.491 e. The number of hydrogen-bond donors (Lipinski definition) is 1. The molecule has 6 heteroatoms. The SMILES string of the molecule is CC(C)Oc1ccc(C(=O)NCCn2nc3c(cc2=O)CCC3)cc1. The molecule has 0 spiro atoms. The number of nitrogens with one attached hydrogen (secondary N) is 1. The van der Waals surface area contributed by atoms with E-state index in [1.165, 1.54) is 4.68 Å². The van der Waals surface area contributed by atoms with Crippen molar-refractivity contribution in [3.63, 3.8) is 0 Å². The summed E-state index contributed by atoms with van der Waals surface area (Å²) in [7, 11) is 0. The van der Waals surface area contributed by atoms with E-state index in [0.717, 1.165) is 36.3 Å². The predicted octanol–water partition coefficient (Wildman–Crippen LogP) is 1.95. The van der Waals surface area contributed by atoms with Crippen LogP contribution >= 0.6 is 0 Å². The number of ether oxygens (including phenoxy) is 1. The Kier molecular flexibility index (Phi) is 5.16. The number of carbonyl (C=O) groups excluding carboxylic acids is 1. The van der Waals surface area contributed by atoms with Crippen molar-refractivity contribution in [1.29, 1.82) is 0 Å². The lowest BCUT2D eigenvalue weighted by atomic mass is 10.2. The maximum atomic E-state index is 12.2. The molecule has 0 unspecified atom stereocenters. The molecular formula is C19H23N3O3. The third-order valence-electron chi connectivity index (χ3n) is 4.12. The third-order valence-corrected chi connectivity index (χ3v) is 4.12. The van der Waals surface area contributed by atoms with Gasteiger partial charge >= 0.3 is 0 Å². The van der Waals surface area contributed by atoms with Crippen LogP contribution < -0.4 is 15.6 Å². The number of carbonyl (C=O) groups is 1. The van der Waals surface area contributed by atoms with Gasteiger partial charge in [-0.3, -0.25) is 9.59 Å². The normalized spacial score (nSPS) is 12.9. The average Bonchev–Trinajstić information content (AvgIpc) is 3.02. The van der Waals surface area contributed by atoms with Gasteiger partial charge in [-0.1, -0.05) is 0 Å². The van der Waals surface area contributed by atoms with Gasteiger partial charge in [0, 0.05) is 18.2 Å². The molecule has 0 bridgehead atoms. The zero-order valence-corrected chi connectivity index (χ0v) is 14.6. The van der Waals surface area contributed by atoms with Crippen molar-refractivity contribution in [2.24, 2.45) is 0 Å². The van der Waals surface area contributed by atoms with Gasteiger partial charge in [-0.2, -0.15) is 5.10 Å². The van der Waals surface area contributed by atoms with Gasteiger partial charge in [-0.25, -0.2) is 4.68 Å². The van der Waals surface area contributed by atoms with E-state index < -0.39 is 0 Å². The van der Waals surface area contributed by atoms with Crippen LogP contribution in [-0.2, 0) is 19.4 Å². The Bertz CT molecular complexity index is 810. The molecular weight excluding hydrogens is 318 g/mol. The molecule has 1 amide bonds. The zero-order chi connectivity index (χ0) is 17.8. The summed E-state index contributed by atoms with van der Waals surface area (Å²) in [6.45, 7) is 4.63. The fraction of sp³-hybridized carbons (Fsp3) is 0.421. The Morgan fingerprint density at radius 2 is 2.04 bits per heavy atom. The van der Waals surface area contributed by atoms with Gasteiger partial charge in [0.15, 0.2) is 0 Å². The molecule has 0 fully saturated rings. The molecule has 25 heavy (non-hydrogen) atoms. The molecule has 1 aliphatic rings. The molecule has 0 saturated carbocycles. The molecule has 1 N–H and O–H groups in total. The number of nitrogens with zero attached hydrogens (tertiary/aromatic N) is 2. The number of benzene rings is 1. The van der Waals surface area contributed by atoms with Crippen LogP contribution in [0.25, 0.3) is 0 Å². The Labute approximate surface area is 146 Å². The second kappa shape index (κ2) is 7.51. The summed E-state index contributed by atoms with van der Waals surface area (Å²) in [6, 6.07) is 8.69. The van der Waals surface area contributed by atoms with E-state index in [9.17, 15) is 9.59 Å². The van der Waals surface area contributed by atoms with Crippen LogP contribution in [0.3, 0.4) is 0 Å². The number of fused-ring (bicyclic) bond motifs is 1. The molecule has 6 nitrogen and oxygen atoms in total. The lowest BCUT2D eigenvalue weighted by Gasteiger charge is -2.11. The first-order valence-electron chi connectivity index (χ1n) is 8.68. The first-order chi connectivity index (χ1) is 12.0. The van der Waals surface area contributed by atoms with E-state index >= 15 is 0 Å². The van der Waals surface area contributed by atoms with E-state index in [0.29, 0.717) is 18.7 Å². The Morgan fingerprint density at radius 3 is 2.76 bits per heavy atom. The van der Waals surface area contributed by atoms with Gasteiger partial charge in [0.05, 0.1) is 18.3 Å². The molecule has 0 aliphatic heterocycles. The topological polar surface area (TPSA) is 73.2 Å². The molecule has 1 aromatic heterocycles. The highest BCUT2D eigenvalue weighted by Gasteiger charge is 2.14. The fourth-order valence-electron chi connectivity index (χ4n) is 2.93. The Morgan fingerprint density at radius 1 is 1.28 bits per heavy atom. The number of aromatic nitrogens is 2. The van der Waals surface area contributed by atoms with Crippen molar-refractivity contribution in [3.05, 3.63) is 57.5 Å². The lowest BCUT2D eigenvalue weighted by molar-refractivity contribution is 0.0951. The van der Waals surface area contributed by atoms with Crippen LogP contribution in [0.1, 0.15) is 41.9 Å². The number of hydrogen-bond acceptors (Lipinski definition) is 4. The standard InChI is InChI=1S/C19H23N3O3/c1-13(2)25-16-8-6-14(7-9-16)19(24)20-10-11-22-18(23)12-15-4-3-5-17(15)21-22/h6-9,12-13H,3-5,10-11H2,1-2H3,(H,20,24). The molecule has 1 aliphatic carbocycles. The van der Waals surface area contributed by atoms with E-state index in [2.05, 4.69) is 10.4 Å². The molecule has 0 saturated heterocycles. The van der Waals surface area contributed by atoms with Gasteiger partial charge < -0.3 is 10.1 Å². The Balaban J connectivity index is 1.55. The van der Waals surface area contributed by atoms with Crippen LogP contribution in [-0.4, -0.2) is 28.3 Å². The van der Waals surface area contributed by atoms with E-state index in [1.54, 1.807) is 30.3 Å². The van der Waals surface area contributed by atoms with E-state index in [1.807, 2.05) is 13.8 Å². The quantitative estimate of drug-likeness (QED) is 0.871. The smallest absolute Gasteiger partial charge is 0.267 e. The van der Waals surface area contributed by atoms with E-state index in [4.69, 9.17) is 4.74 Å². The summed E-state index contributed by atoms with van der Waals surface area (Å²) in [4.78, 5) is 24.2. The second-order valence-corrected chi connectivity index (χ2v) is 6.48. The highest BCUT2D eigenvalue weighted by Crippen LogP contribution is 2.17. The maximum absolute atomic E-state index is 12.2. The summed E-state index contributed by atoms with van der Waals surface area (Å²) >= 11 is 0. The number of aryl methyl sites for hydroxylation is 2. The minimum Gasteiger partial charge on any atom is -0.491 e. The van der Waals surface area contributed by atoms with Crippen LogP contribution in [0, 0.1) is 0 Å². The van der Waals surface area contributed by atoms with Crippen LogP contribution in [0.4, 0.5) is 0 Å². The first kappa shape index (κ1) is 17.2. The van der Waals surface area contributed by atoms with Crippen molar-refractivity contribution >= 4 is 5.91 Å². The van der Waals surface area contributed by atoms with E-state index in [-0.39, 0.29) is 17.6 Å². The van der Waals surface area contributed by atoms with Crippen molar-refractivity contribution < 1.29 is 9.53 Å². The van der Waals surface area contributed by atoms with Crippen molar-refractivity contribution in [3.8, 4) is 5.75 Å². The molecule has 0 radical (unpaired) electrons. The van der Waals surface area contributed by atoms with Gasteiger partial charge in [-0.15, -0.1) is 0 Å². The lowest BCUT2D eigenvalue weighted by Crippen LogP contribution is -2.32. The highest BCUT2D eigenvalue weighted by molar-refractivity contribution is 5.94. The van der Waals surface area contributed by atoms with Crippen LogP contribution in [0.15, 0.2) is 35.1 Å². The van der Waals surface area contributed by atoms with Crippen LogP contribution in [0.2, 0.25) is 0 Å². The summed E-state index contributed by atoms with van der Waals surface area (Å²) in [5.41, 5.74) is 2.52. The van der Waals surface area contributed by atoms with Gasteiger partial charge in [0.1, 0.15) is 5.75 Å². The molecule has 132 valence electrons. The van der Waals surface area contributed by atoms with Gasteiger partial charge in [0.25, 0.3) is 11.5 Å². The highest BCUT2D eigenvalue weighted by atomic mass is 16.5. The monoisotopic (exact) mass is 341 g/mol. The summed E-state index contributed by atoms with van der Waals surface area (Å²) in [6.07, 6.45) is 3.01. The minimum absolute atomic E-state index is 0.0952. The summed E-state index contributed by atoms with van der Waals surface area (Å²) < 4.78 is 6.99. The molecule has 1 aromatic carbocycles. The average molecular weight is 341 g/mol. The van der Waals surface area contributed by atoms with Crippen molar-refractivity contribution in [1.82, 2.24) is 15.1 Å². The number of rotatable bonds is 6. The number of amides is 1. The fourth-order valence-corrected chi connectivity index (χ4v) is 2.93. The molecule has 1 heterocycles. The third kappa shape index (κ3) is 4.26. The van der Waals surface area contributed by atoms with Gasteiger partial charge in [0.2, 0.25) is 0 Å².